The highest BCUT2D eigenvalue weighted by Gasteiger charge is 2.68. The van der Waals surface area contributed by atoms with Gasteiger partial charge >= 0.3 is 25.4 Å². The van der Waals surface area contributed by atoms with Crippen molar-refractivity contribution in [2.75, 3.05) is 6.16 Å². The Kier molecular flexibility index (Phi) is 9.73. The number of hydrogen-bond donors (Lipinski definition) is 2. The monoisotopic (exact) mass is 572 g/mol. The van der Waals surface area contributed by atoms with E-state index in [1.165, 1.54) is 12.1 Å². The molecule has 0 saturated carbocycles. The summed E-state index contributed by atoms with van der Waals surface area (Å²) in [6.07, 6.45) is 0.543. The second-order valence-electron chi connectivity index (χ2n) is 9.81. The first kappa shape index (κ1) is 30.9. The van der Waals surface area contributed by atoms with Gasteiger partial charge in [0.1, 0.15) is 0 Å². The summed E-state index contributed by atoms with van der Waals surface area (Å²) in [5.74, 6) is -15.2. The molecule has 3 aromatic carbocycles. The average molecular weight is 573 g/mol. The third-order valence-electron chi connectivity index (χ3n) is 6.59. The molecule has 0 heterocycles. The number of aryl methyl sites for hydroxylation is 2. The Morgan fingerprint density at radius 3 is 1.87 bits per heavy atom. The van der Waals surface area contributed by atoms with Crippen LogP contribution in [0.25, 0.3) is 22.3 Å². The van der Waals surface area contributed by atoms with E-state index in [1.807, 2.05) is 48.5 Å². The van der Waals surface area contributed by atoms with E-state index in [0.717, 1.165) is 40.7 Å². The first-order valence-corrected chi connectivity index (χ1v) is 14.4. The average Bonchev–Trinajstić information content (AvgIpc) is 2.87. The van der Waals surface area contributed by atoms with Crippen LogP contribution in [0.15, 0.2) is 72.8 Å². The molecule has 0 aromatic heterocycles. The second-order valence-corrected chi connectivity index (χ2v) is 11.6. The molecule has 3 nitrogen and oxygen atoms in total. The Labute approximate surface area is 224 Å². The third-order valence-corrected chi connectivity index (χ3v) is 7.49. The predicted molar refractivity (Wildman–Crippen MR) is 141 cm³/mol. The summed E-state index contributed by atoms with van der Waals surface area (Å²) in [6.45, 7) is -0.211. The molecule has 0 aliphatic rings. The lowest BCUT2D eigenvalue weighted by molar-refractivity contribution is -0.304. The standard InChI is InChI=1S/C29H31F6O3P/c1-27(30,31)29(34,35)28(32,33)18-17-21-11-14-24(15-12-21)25-16-13-22(8-4-3-7-19-39(36,37)38)20-26(25)23-9-5-2-6-10-23/h2,5-6,9-16,20H,3-4,7-8,17-19H2,1H3,(H2,36,37,38). The fourth-order valence-electron chi connectivity index (χ4n) is 4.31. The number of benzene rings is 3. The van der Waals surface area contributed by atoms with Crippen molar-refractivity contribution in [1.82, 2.24) is 0 Å². The van der Waals surface area contributed by atoms with Gasteiger partial charge in [-0.1, -0.05) is 79.2 Å². The second kappa shape index (κ2) is 12.3. The molecular weight excluding hydrogens is 541 g/mol. The minimum atomic E-state index is -5.45. The number of unbranched alkanes of at least 4 members (excludes halogenated alkanes) is 2. The Hall–Kier alpha value is -2.61. The van der Waals surface area contributed by atoms with Crippen LogP contribution in [0.5, 0.6) is 0 Å². The zero-order chi connectivity index (χ0) is 28.9. The molecule has 0 radical (unpaired) electrons. The normalized spacial score (nSPS) is 13.1. The van der Waals surface area contributed by atoms with Crippen LogP contribution in [0.3, 0.4) is 0 Å². The molecule has 3 aromatic rings. The maximum atomic E-state index is 13.9. The molecule has 0 amide bonds. The van der Waals surface area contributed by atoms with Gasteiger partial charge in [-0.25, -0.2) is 0 Å². The summed E-state index contributed by atoms with van der Waals surface area (Å²) >= 11 is 0. The molecule has 0 bridgehead atoms. The van der Waals surface area contributed by atoms with Crippen molar-refractivity contribution < 1.29 is 40.7 Å². The van der Waals surface area contributed by atoms with Crippen molar-refractivity contribution in [1.29, 1.82) is 0 Å². The molecule has 2 N–H and O–H groups in total. The van der Waals surface area contributed by atoms with Gasteiger partial charge in [-0.15, -0.1) is 0 Å². The van der Waals surface area contributed by atoms with Crippen LogP contribution in [0.4, 0.5) is 26.3 Å². The SMILES string of the molecule is CC(F)(F)C(F)(F)C(F)(F)CCc1ccc(-c2ccc(CCCCCP(=O)(O)O)cc2-c2ccccc2)cc1. The lowest BCUT2D eigenvalue weighted by Crippen LogP contribution is -2.52. The largest absolute Gasteiger partial charge is 0.371 e. The lowest BCUT2D eigenvalue weighted by atomic mass is 9.91. The zero-order valence-corrected chi connectivity index (χ0v) is 22.3. The van der Waals surface area contributed by atoms with Gasteiger partial charge in [-0.2, -0.15) is 26.3 Å². The molecule has 0 unspecified atom stereocenters. The molecule has 3 rings (SSSR count). The summed E-state index contributed by atoms with van der Waals surface area (Å²) in [5.41, 5.74) is 4.86. The van der Waals surface area contributed by atoms with E-state index in [0.29, 0.717) is 18.4 Å². The summed E-state index contributed by atoms with van der Waals surface area (Å²) in [7, 11) is -4.00. The first-order chi connectivity index (χ1) is 18.1. The van der Waals surface area contributed by atoms with Crippen molar-refractivity contribution in [2.24, 2.45) is 0 Å². The number of hydrogen-bond acceptors (Lipinski definition) is 1. The highest BCUT2D eigenvalue weighted by atomic mass is 31.2. The molecule has 0 saturated heterocycles. The van der Waals surface area contributed by atoms with Crippen LogP contribution in [-0.4, -0.2) is 33.7 Å². The molecule has 0 spiro atoms. The van der Waals surface area contributed by atoms with Crippen LogP contribution in [0, 0.1) is 0 Å². The van der Waals surface area contributed by atoms with E-state index in [4.69, 9.17) is 9.79 Å². The van der Waals surface area contributed by atoms with E-state index in [1.54, 1.807) is 12.1 Å². The van der Waals surface area contributed by atoms with Crippen LogP contribution >= 0.6 is 7.60 Å². The van der Waals surface area contributed by atoms with Gasteiger partial charge in [0.25, 0.3) is 0 Å². The number of alkyl halides is 6. The quantitative estimate of drug-likeness (QED) is 0.122. The van der Waals surface area contributed by atoms with Crippen molar-refractivity contribution >= 4 is 7.60 Å². The van der Waals surface area contributed by atoms with Gasteiger partial charge < -0.3 is 9.79 Å². The van der Waals surface area contributed by atoms with Crippen LogP contribution in [0.1, 0.15) is 43.7 Å². The molecule has 0 aliphatic heterocycles. The summed E-state index contributed by atoms with van der Waals surface area (Å²) in [5, 5.41) is 0. The lowest BCUT2D eigenvalue weighted by Gasteiger charge is -2.30. The fraction of sp³-hybridized carbons (Fsp3) is 0.379. The molecular formula is C29H31F6O3P. The molecule has 39 heavy (non-hydrogen) atoms. The Morgan fingerprint density at radius 1 is 0.692 bits per heavy atom. The van der Waals surface area contributed by atoms with Gasteiger partial charge in [0.15, 0.2) is 0 Å². The van der Waals surface area contributed by atoms with Gasteiger partial charge in [-0.05, 0) is 59.1 Å². The molecule has 0 atom stereocenters. The predicted octanol–water partition coefficient (Wildman–Crippen LogP) is 8.77. The van der Waals surface area contributed by atoms with E-state index < -0.39 is 38.2 Å². The van der Waals surface area contributed by atoms with Crippen molar-refractivity contribution in [3.8, 4) is 22.3 Å². The smallest absolute Gasteiger partial charge is 0.324 e. The number of halogens is 6. The van der Waals surface area contributed by atoms with Gasteiger partial charge in [0.05, 0.1) is 0 Å². The van der Waals surface area contributed by atoms with E-state index in [2.05, 4.69) is 0 Å². The van der Waals surface area contributed by atoms with Crippen molar-refractivity contribution in [3.63, 3.8) is 0 Å². The first-order valence-electron chi connectivity index (χ1n) is 12.6. The van der Waals surface area contributed by atoms with E-state index in [9.17, 15) is 30.9 Å². The van der Waals surface area contributed by atoms with Crippen LogP contribution in [0.2, 0.25) is 0 Å². The van der Waals surface area contributed by atoms with Gasteiger partial charge in [0.2, 0.25) is 0 Å². The van der Waals surface area contributed by atoms with Crippen molar-refractivity contribution in [3.05, 3.63) is 83.9 Å². The zero-order valence-electron chi connectivity index (χ0n) is 21.4. The maximum Gasteiger partial charge on any atom is 0.371 e. The highest BCUT2D eigenvalue weighted by molar-refractivity contribution is 7.51. The Balaban J connectivity index is 1.77. The van der Waals surface area contributed by atoms with E-state index in [-0.39, 0.29) is 13.1 Å². The molecule has 0 fully saturated rings. The third kappa shape index (κ3) is 8.19. The van der Waals surface area contributed by atoms with Gasteiger partial charge in [-0.3, -0.25) is 4.57 Å². The summed E-state index contributed by atoms with van der Waals surface area (Å²) < 4.78 is 92.1. The summed E-state index contributed by atoms with van der Waals surface area (Å²) in [6, 6.07) is 21.9. The van der Waals surface area contributed by atoms with Gasteiger partial charge in [0, 0.05) is 19.5 Å². The fourth-order valence-corrected chi connectivity index (χ4v) is 4.94. The topological polar surface area (TPSA) is 57.5 Å². The van der Waals surface area contributed by atoms with Crippen molar-refractivity contribution in [2.45, 2.75) is 63.2 Å². The number of rotatable bonds is 13. The highest BCUT2D eigenvalue weighted by Crippen LogP contribution is 2.47. The molecule has 10 heteroatoms. The minimum absolute atomic E-state index is 0.137. The van der Waals surface area contributed by atoms with Crippen LogP contribution < -0.4 is 0 Å². The Bertz CT molecular complexity index is 1270. The minimum Gasteiger partial charge on any atom is -0.324 e. The molecule has 0 aliphatic carbocycles. The van der Waals surface area contributed by atoms with Crippen LogP contribution in [-0.2, 0) is 17.4 Å². The Morgan fingerprint density at radius 2 is 1.28 bits per heavy atom. The summed E-state index contributed by atoms with van der Waals surface area (Å²) in [4.78, 5) is 18.0. The van der Waals surface area contributed by atoms with E-state index >= 15 is 0 Å². The maximum absolute atomic E-state index is 13.9. The molecule has 212 valence electrons.